The van der Waals surface area contributed by atoms with Crippen LogP contribution in [0.3, 0.4) is 0 Å². The first-order chi connectivity index (χ1) is 21.9. The van der Waals surface area contributed by atoms with Gasteiger partial charge in [0.25, 0.3) is 5.91 Å². The van der Waals surface area contributed by atoms with Crippen LogP contribution in [0.4, 0.5) is 0 Å². The van der Waals surface area contributed by atoms with Gasteiger partial charge in [-0.3, -0.25) is 19.4 Å². The summed E-state index contributed by atoms with van der Waals surface area (Å²) in [6, 6.07) is 14.9. The van der Waals surface area contributed by atoms with Crippen LogP contribution in [0.15, 0.2) is 54.7 Å². The average molecular weight is 613 g/mol. The zero-order valence-corrected chi connectivity index (χ0v) is 25.9. The molecule has 1 aromatic heterocycles. The predicted molar refractivity (Wildman–Crippen MR) is 167 cm³/mol. The van der Waals surface area contributed by atoms with Gasteiger partial charge in [-0.2, -0.15) is 0 Å². The molecule has 0 saturated carbocycles. The van der Waals surface area contributed by atoms with Crippen LogP contribution in [0.25, 0.3) is 0 Å². The highest BCUT2D eigenvalue weighted by Crippen LogP contribution is 2.33. The number of aromatic nitrogens is 1. The number of pyridine rings is 1. The molecule has 1 fully saturated rings. The van der Waals surface area contributed by atoms with E-state index in [0.29, 0.717) is 48.7 Å². The minimum Gasteiger partial charge on any atom is -0.493 e. The first-order valence-corrected chi connectivity index (χ1v) is 15.7. The van der Waals surface area contributed by atoms with Crippen LogP contribution < -0.4 is 14.8 Å². The van der Waals surface area contributed by atoms with Crippen LogP contribution in [0.5, 0.6) is 17.2 Å². The van der Waals surface area contributed by atoms with E-state index in [9.17, 15) is 14.4 Å². The average Bonchev–Trinajstić information content (AvgIpc) is 3.06. The number of methoxy groups -OCH3 is 1. The number of carbonyl (C=O) groups is 3. The van der Waals surface area contributed by atoms with Crippen molar-refractivity contribution in [2.75, 3.05) is 33.8 Å². The third kappa shape index (κ3) is 7.28. The number of nitrogens with zero attached hydrogens (tertiary/aromatic N) is 3. The van der Waals surface area contributed by atoms with E-state index < -0.39 is 6.10 Å². The topological polar surface area (TPSA) is 110 Å². The molecular formula is C35H40N4O6. The van der Waals surface area contributed by atoms with Gasteiger partial charge >= 0.3 is 0 Å². The van der Waals surface area contributed by atoms with Gasteiger partial charge in [0, 0.05) is 38.4 Å². The van der Waals surface area contributed by atoms with E-state index in [0.717, 1.165) is 48.1 Å². The molecule has 1 N–H and O–H groups in total. The van der Waals surface area contributed by atoms with Crippen molar-refractivity contribution in [1.29, 1.82) is 0 Å². The fraction of sp³-hybridized carbons (Fsp3) is 0.429. The van der Waals surface area contributed by atoms with E-state index in [-0.39, 0.29) is 43.3 Å². The van der Waals surface area contributed by atoms with Gasteiger partial charge in [-0.1, -0.05) is 18.2 Å². The summed E-state index contributed by atoms with van der Waals surface area (Å²) in [5, 5.41) is 3.09. The zero-order valence-electron chi connectivity index (χ0n) is 25.9. The molecule has 4 aliphatic rings. The standard InChI is InChI=1S/C35H40N4O6/c1-38-21-33(40)37-29-14-15-39(35(42)26-18-25-7-3-4-9-28(25)36-19-26)20-32(29)44-22-24-6-5-8-27(16-24)45-30-12-10-23(11-13-34(38)41)17-31(30)43-2/h5-6,8,10,12,16-19,29,32H,3-4,7,9,11,13-15,20-22H2,1-2H3,(H,37,40)/t29-,32-/m0/s1. The number of aryl methyl sites for hydroxylation is 3. The van der Waals surface area contributed by atoms with Gasteiger partial charge in [-0.05, 0) is 85.5 Å². The van der Waals surface area contributed by atoms with Crippen molar-refractivity contribution in [2.24, 2.45) is 0 Å². The largest absolute Gasteiger partial charge is 0.493 e. The highest BCUT2D eigenvalue weighted by molar-refractivity contribution is 5.94. The smallest absolute Gasteiger partial charge is 0.255 e. The fourth-order valence-electron chi connectivity index (χ4n) is 6.30. The van der Waals surface area contributed by atoms with Crippen molar-refractivity contribution in [1.82, 2.24) is 20.1 Å². The number of carbonyl (C=O) groups excluding carboxylic acids is 3. The van der Waals surface area contributed by atoms with E-state index in [1.165, 1.54) is 4.90 Å². The lowest BCUT2D eigenvalue weighted by Gasteiger charge is -2.39. The number of benzene rings is 2. The Hall–Kier alpha value is -4.44. The lowest BCUT2D eigenvalue weighted by molar-refractivity contribution is -0.135. The van der Waals surface area contributed by atoms with Gasteiger partial charge in [-0.15, -0.1) is 0 Å². The number of piperidine rings is 1. The Bertz CT molecular complexity index is 1580. The molecule has 0 radical (unpaired) electrons. The van der Waals surface area contributed by atoms with Crippen LogP contribution in [-0.2, 0) is 40.2 Å². The van der Waals surface area contributed by atoms with Crippen LogP contribution in [-0.4, -0.2) is 78.4 Å². The number of hydrogen-bond donors (Lipinski definition) is 1. The third-order valence-corrected chi connectivity index (χ3v) is 8.86. The molecule has 2 atom stereocenters. The molecule has 236 valence electrons. The Kier molecular flexibility index (Phi) is 9.30. The molecule has 0 unspecified atom stereocenters. The van der Waals surface area contributed by atoms with E-state index in [1.807, 2.05) is 48.5 Å². The summed E-state index contributed by atoms with van der Waals surface area (Å²) in [6.45, 7) is 0.974. The molecule has 3 amide bonds. The van der Waals surface area contributed by atoms with Crippen molar-refractivity contribution in [3.63, 3.8) is 0 Å². The monoisotopic (exact) mass is 612 g/mol. The van der Waals surface area contributed by atoms with Crippen molar-refractivity contribution in [2.45, 2.75) is 63.7 Å². The van der Waals surface area contributed by atoms with Gasteiger partial charge in [0.05, 0.1) is 38.0 Å². The maximum atomic E-state index is 13.6. The van der Waals surface area contributed by atoms with Crippen LogP contribution in [0.1, 0.15) is 58.4 Å². The Morgan fingerprint density at radius 3 is 2.76 bits per heavy atom. The minimum absolute atomic E-state index is 0.0658. The molecule has 4 bridgehead atoms. The van der Waals surface area contributed by atoms with E-state index >= 15 is 0 Å². The molecule has 0 spiro atoms. The van der Waals surface area contributed by atoms with Gasteiger partial charge in [-0.25, -0.2) is 0 Å². The van der Waals surface area contributed by atoms with Gasteiger partial charge in [0.15, 0.2) is 11.5 Å². The van der Waals surface area contributed by atoms with Crippen LogP contribution >= 0.6 is 0 Å². The molecule has 3 aromatic rings. The quantitative estimate of drug-likeness (QED) is 0.465. The second-order valence-corrected chi connectivity index (χ2v) is 12.1. The number of rotatable bonds is 2. The van der Waals surface area contributed by atoms with Crippen LogP contribution in [0, 0.1) is 0 Å². The van der Waals surface area contributed by atoms with E-state index in [4.69, 9.17) is 14.2 Å². The number of amides is 3. The molecule has 1 saturated heterocycles. The first kappa shape index (κ1) is 30.6. The summed E-state index contributed by atoms with van der Waals surface area (Å²) >= 11 is 0. The number of fused-ring (bicyclic) bond motifs is 10. The van der Waals surface area contributed by atoms with Gasteiger partial charge < -0.3 is 29.3 Å². The Balaban J connectivity index is 1.24. The van der Waals surface area contributed by atoms with Crippen molar-refractivity contribution >= 4 is 17.7 Å². The molecule has 7 rings (SSSR count). The number of hydrogen-bond acceptors (Lipinski definition) is 7. The summed E-state index contributed by atoms with van der Waals surface area (Å²) < 4.78 is 18.2. The molecule has 45 heavy (non-hydrogen) atoms. The molecule has 10 heteroatoms. The number of nitrogens with one attached hydrogen (secondary N) is 1. The highest BCUT2D eigenvalue weighted by atomic mass is 16.5. The maximum Gasteiger partial charge on any atom is 0.255 e. The Morgan fingerprint density at radius 2 is 1.89 bits per heavy atom. The SMILES string of the molecule is COc1cc2ccc1Oc1cccc(c1)CO[C@H]1CN(C(=O)c3cnc4c(c3)CCCC4)CC[C@@H]1NC(=O)CN(C)C(=O)CC2. The zero-order chi connectivity index (χ0) is 31.3. The van der Waals surface area contributed by atoms with Crippen molar-refractivity contribution in [3.05, 3.63) is 82.7 Å². The second kappa shape index (κ2) is 13.7. The fourth-order valence-corrected chi connectivity index (χ4v) is 6.30. The lowest BCUT2D eigenvalue weighted by atomic mass is 9.94. The van der Waals surface area contributed by atoms with Crippen LogP contribution in [0.2, 0.25) is 0 Å². The normalized spacial score (nSPS) is 20.9. The molecule has 1 aliphatic carbocycles. The molecule has 2 aromatic carbocycles. The summed E-state index contributed by atoms with van der Waals surface area (Å²) in [5.74, 6) is 1.28. The third-order valence-electron chi connectivity index (χ3n) is 8.86. The molecule has 3 aliphatic heterocycles. The summed E-state index contributed by atoms with van der Waals surface area (Å²) in [4.78, 5) is 47.5. The molecular weight excluding hydrogens is 572 g/mol. The Morgan fingerprint density at radius 1 is 1.02 bits per heavy atom. The van der Waals surface area contributed by atoms with Crippen molar-refractivity contribution < 1.29 is 28.6 Å². The molecule has 4 heterocycles. The number of likely N-dealkylation sites (tertiary alicyclic amines) is 1. The van der Waals surface area contributed by atoms with Gasteiger partial charge in [0.2, 0.25) is 11.8 Å². The minimum atomic E-state index is -0.461. The second-order valence-electron chi connectivity index (χ2n) is 12.1. The van der Waals surface area contributed by atoms with Crippen molar-refractivity contribution in [3.8, 4) is 17.2 Å². The Labute approximate surface area is 263 Å². The van der Waals surface area contributed by atoms with E-state index in [2.05, 4.69) is 10.3 Å². The van der Waals surface area contributed by atoms with Gasteiger partial charge in [0.1, 0.15) is 5.75 Å². The number of ether oxygens (including phenoxy) is 3. The maximum absolute atomic E-state index is 13.6. The summed E-state index contributed by atoms with van der Waals surface area (Å²) in [6.07, 6.45) is 6.64. The number of likely N-dealkylation sites (N-methyl/N-ethyl adjacent to an activating group) is 1. The summed E-state index contributed by atoms with van der Waals surface area (Å²) in [5.41, 5.74) is 4.65. The van der Waals surface area contributed by atoms with E-state index in [1.54, 1.807) is 25.3 Å². The summed E-state index contributed by atoms with van der Waals surface area (Å²) in [7, 11) is 3.22. The molecule has 10 nitrogen and oxygen atoms in total. The highest BCUT2D eigenvalue weighted by Gasteiger charge is 2.34. The first-order valence-electron chi connectivity index (χ1n) is 15.7. The predicted octanol–water partition coefficient (Wildman–Crippen LogP) is 4.08. The lowest BCUT2D eigenvalue weighted by Crippen LogP contribution is -2.57.